The lowest BCUT2D eigenvalue weighted by Gasteiger charge is -2.28. The monoisotopic (exact) mass is 316 g/mol. The maximum atomic E-state index is 12.8. The molecule has 1 aliphatic heterocycles. The van der Waals surface area contributed by atoms with E-state index < -0.39 is 0 Å². The van der Waals surface area contributed by atoms with E-state index in [1.807, 2.05) is 24.3 Å². The molecule has 0 fully saturated rings. The number of hydrogen-bond acceptors (Lipinski definition) is 3. The van der Waals surface area contributed by atoms with Gasteiger partial charge >= 0.3 is 0 Å². The zero-order valence-corrected chi connectivity index (χ0v) is 12.4. The Morgan fingerprint density at radius 3 is 2.68 bits per heavy atom. The lowest BCUT2D eigenvalue weighted by atomic mass is 10.2. The number of amides is 2. The summed E-state index contributed by atoms with van der Waals surface area (Å²) in [4.78, 5) is 26.6. The van der Waals surface area contributed by atoms with Crippen LogP contribution in [0.2, 0.25) is 0 Å². The summed E-state index contributed by atoms with van der Waals surface area (Å²) in [5.41, 5.74) is 1.25. The fourth-order valence-corrected chi connectivity index (χ4v) is 3.14. The number of anilines is 2. The standard InChI is InChI=1S/C16H13FN2O2S/c17-11-5-7-12(8-6-11)18-15(20)9-19-13-3-1-2-4-14(13)22-10-16(19)21/h1-8H,9-10H2,(H,18,20). The molecule has 0 saturated carbocycles. The van der Waals surface area contributed by atoms with Gasteiger partial charge in [0.05, 0.1) is 11.4 Å². The van der Waals surface area contributed by atoms with Crippen molar-refractivity contribution in [1.82, 2.24) is 0 Å². The van der Waals surface area contributed by atoms with Crippen LogP contribution >= 0.6 is 11.8 Å². The van der Waals surface area contributed by atoms with Crippen molar-refractivity contribution < 1.29 is 14.0 Å². The molecule has 2 aromatic rings. The molecule has 0 saturated heterocycles. The van der Waals surface area contributed by atoms with Gasteiger partial charge in [-0.1, -0.05) is 12.1 Å². The Morgan fingerprint density at radius 2 is 1.91 bits per heavy atom. The summed E-state index contributed by atoms with van der Waals surface area (Å²) >= 11 is 1.47. The van der Waals surface area contributed by atoms with Crippen molar-refractivity contribution in [3.05, 3.63) is 54.3 Å². The van der Waals surface area contributed by atoms with Crippen molar-refractivity contribution in [1.29, 1.82) is 0 Å². The molecule has 0 aromatic heterocycles. The Kier molecular flexibility index (Phi) is 4.11. The number of benzene rings is 2. The van der Waals surface area contributed by atoms with Gasteiger partial charge in [-0.15, -0.1) is 11.8 Å². The smallest absolute Gasteiger partial charge is 0.244 e. The van der Waals surface area contributed by atoms with Gasteiger partial charge in [0.2, 0.25) is 11.8 Å². The van der Waals surface area contributed by atoms with Gasteiger partial charge in [-0.05, 0) is 36.4 Å². The number of carbonyl (C=O) groups is 2. The molecule has 1 N–H and O–H groups in total. The normalized spacial score (nSPS) is 13.7. The molecular weight excluding hydrogens is 303 g/mol. The first-order valence-corrected chi connectivity index (χ1v) is 7.69. The summed E-state index contributed by atoms with van der Waals surface area (Å²) in [6.45, 7) is -0.0617. The van der Waals surface area contributed by atoms with E-state index >= 15 is 0 Å². The van der Waals surface area contributed by atoms with Crippen LogP contribution in [-0.2, 0) is 9.59 Å². The van der Waals surface area contributed by atoms with E-state index in [1.54, 1.807) is 0 Å². The molecule has 2 aromatic carbocycles. The first-order chi connectivity index (χ1) is 10.6. The van der Waals surface area contributed by atoms with Gasteiger partial charge in [0.25, 0.3) is 0 Å². The SMILES string of the molecule is O=C(CN1C(=O)CSc2ccccc21)Nc1ccc(F)cc1. The number of thioether (sulfide) groups is 1. The van der Waals surface area contributed by atoms with E-state index in [0.29, 0.717) is 11.4 Å². The number of carbonyl (C=O) groups excluding carboxylic acids is 2. The average molecular weight is 316 g/mol. The maximum Gasteiger partial charge on any atom is 0.244 e. The van der Waals surface area contributed by atoms with E-state index in [-0.39, 0.29) is 24.2 Å². The van der Waals surface area contributed by atoms with Gasteiger partial charge in [-0.25, -0.2) is 4.39 Å². The predicted octanol–water partition coefficient (Wildman–Crippen LogP) is 2.90. The quantitative estimate of drug-likeness (QED) is 0.947. The third kappa shape index (κ3) is 3.12. The van der Waals surface area contributed by atoms with Crippen LogP contribution < -0.4 is 10.2 Å². The second kappa shape index (κ2) is 6.19. The zero-order valence-electron chi connectivity index (χ0n) is 11.6. The predicted molar refractivity (Wildman–Crippen MR) is 84.5 cm³/mol. The second-order valence-corrected chi connectivity index (χ2v) is 5.81. The summed E-state index contributed by atoms with van der Waals surface area (Å²) in [5.74, 6) is -0.462. The van der Waals surface area contributed by atoms with Gasteiger partial charge < -0.3 is 10.2 Å². The Morgan fingerprint density at radius 1 is 1.18 bits per heavy atom. The van der Waals surface area contributed by atoms with Crippen molar-refractivity contribution in [2.75, 3.05) is 22.5 Å². The lowest BCUT2D eigenvalue weighted by Crippen LogP contribution is -2.41. The zero-order chi connectivity index (χ0) is 15.5. The number of nitrogens with zero attached hydrogens (tertiary/aromatic N) is 1. The van der Waals surface area contributed by atoms with Crippen molar-refractivity contribution in [2.45, 2.75) is 4.90 Å². The summed E-state index contributed by atoms with van der Waals surface area (Å²) in [5, 5.41) is 2.66. The Hall–Kier alpha value is -2.34. The molecule has 0 atom stereocenters. The third-order valence-corrected chi connectivity index (χ3v) is 4.29. The van der Waals surface area contributed by atoms with E-state index in [0.717, 1.165) is 10.6 Å². The minimum atomic E-state index is -0.366. The van der Waals surface area contributed by atoms with Crippen molar-refractivity contribution in [3.63, 3.8) is 0 Å². The van der Waals surface area contributed by atoms with Gasteiger partial charge in [0, 0.05) is 10.6 Å². The molecule has 6 heteroatoms. The fraction of sp³-hybridized carbons (Fsp3) is 0.125. The molecule has 0 spiro atoms. The number of hydrogen-bond donors (Lipinski definition) is 1. The van der Waals surface area contributed by atoms with E-state index in [4.69, 9.17) is 0 Å². The molecule has 0 aliphatic carbocycles. The Balaban J connectivity index is 1.73. The molecule has 1 aliphatic rings. The highest BCUT2D eigenvalue weighted by Crippen LogP contribution is 2.34. The van der Waals surface area contributed by atoms with Crippen LogP contribution in [0.4, 0.5) is 15.8 Å². The van der Waals surface area contributed by atoms with Crippen molar-refractivity contribution in [3.8, 4) is 0 Å². The molecule has 22 heavy (non-hydrogen) atoms. The molecule has 4 nitrogen and oxygen atoms in total. The van der Waals surface area contributed by atoms with Crippen LogP contribution in [0.15, 0.2) is 53.4 Å². The van der Waals surface area contributed by atoms with E-state index in [9.17, 15) is 14.0 Å². The first-order valence-electron chi connectivity index (χ1n) is 6.71. The van der Waals surface area contributed by atoms with Gasteiger partial charge in [-0.2, -0.15) is 0 Å². The summed E-state index contributed by atoms with van der Waals surface area (Å²) in [7, 11) is 0. The first kappa shape index (κ1) is 14.6. The van der Waals surface area contributed by atoms with Gasteiger partial charge in [0.1, 0.15) is 12.4 Å². The van der Waals surface area contributed by atoms with Gasteiger partial charge in [-0.3, -0.25) is 9.59 Å². The van der Waals surface area contributed by atoms with E-state index in [1.165, 1.54) is 40.9 Å². The van der Waals surface area contributed by atoms with Crippen molar-refractivity contribution in [2.24, 2.45) is 0 Å². The molecule has 112 valence electrons. The fourth-order valence-electron chi connectivity index (χ4n) is 2.20. The number of rotatable bonds is 3. The molecule has 0 unspecified atom stereocenters. The third-order valence-electron chi connectivity index (χ3n) is 3.24. The molecule has 3 rings (SSSR count). The molecule has 1 heterocycles. The van der Waals surface area contributed by atoms with Crippen LogP contribution in [0.5, 0.6) is 0 Å². The van der Waals surface area contributed by atoms with Gasteiger partial charge in [0.15, 0.2) is 0 Å². The summed E-state index contributed by atoms with van der Waals surface area (Å²) in [6.07, 6.45) is 0. The van der Waals surface area contributed by atoms with Crippen LogP contribution in [0.1, 0.15) is 0 Å². The number of halogens is 1. The molecule has 2 amide bonds. The maximum absolute atomic E-state index is 12.8. The van der Waals surface area contributed by atoms with Crippen LogP contribution in [0.3, 0.4) is 0 Å². The molecule has 0 bridgehead atoms. The number of nitrogens with one attached hydrogen (secondary N) is 1. The Labute approximate surface area is 131 Å². The average Bonchev–Trinajstić information content (AvgIpc) is 2.52. The van der Waals surface area contributed by atoms with Crippen molar-refractivity contribution >= 4 is 35.0 Å². The Bertz CT molecular complexity index is 718. The highest BCUT2D eigenvalue weighted by molar-refractivity contribution is 8.00. The minimum absolute atomic E-state index is 0.0617. The van der Waals surface area contributed by atoms with Crippen LogP contribution in [0, 0.1) is 5.82 Å². The highest BCUT2D eigenvalue weighted by atomic mass is 32.2. The topological polar surface area (TPSA) is 49.4 Å². The molecule has 0 radical (unpaired) electrons. The van der Waals surface area contributed by atoms with E-state index in [2.05, 4.69) is 5.32 Å². The van der Waals surface area contributed by atoms with Crippen LogP contribution in [-0.4, -0.2) is 24.1 Å². The number of fused-ring (bicyclic) bond motifs is 1. The highest BCUT2D eigenvalue weighted by Gasteiger charge is 2.26. The summed E-state index contributed by atoms with van der Waals surface area (Å²) < 4.78 is 12.8. The largest absolute Gasteiger partial charge is 0.325 e. The minimum Gasteiger partial charge on any atom is -0.325 e. The second-order valence-electron chi connectivity index (χ2n) is 4.79. The molecular formula is C16H13FN2O2S. The summed E-state index contributed by atoms with van der Waals surface area (Å²) in [6, 6.07) is 13.0. The lowest BCUT2D eigenvalue weighted by molar-refractivity contribution is -0.120. The number of para-hydroxylation sites is 1. The van der Waals surface area contributed by atoms with Crippen LogP contribution in [0.25, 0.3) is 0 Å².